The predicted molar refractivity (Wildman–Crippen MR) is 127 cm³/mol. The highest BCUT2D eigenvalue weighted by Gasteiger charge is 2.20. The van der Waals surface area contributed by atoms with Gasteiger partial charge >= 0.3 is 6.61 Å². The molecule has 4 aromatic rings. The van der Waals surface area contributed by atoms with Crippen molar-refractivity contribution in [1.82, 2.24) is 9.97 Å². The van der Waals surface area contributed by atoms with E-state index in [0.717, 1.165) is 0 Å². The minimum Gasteiger partial charge on any atom is -0.433 e. The largest absolute Gasteiger partial charge is 0.433 e. The smallest absolute Gasteiger partial charge is 0.387 e. The molecule has 0 atom stereocenters. The van der Waals surface area contributed by atoms with Crippen LogP contribution in [0.5, 0.6) is 5.75 Å². The summed E-state index contributed by atoms with van der Waals surface area (Å²) in [5, 5.41) is 5.39. The van der Waals surface area contributed by atoms with E-state index in [9.17, 15) is 22.0 Å². The van der Waals surface area contributed by atoms with Crippen LogP contribution in [0.25, 0.3) is 11.0 Å². The van der Waals surface area contributed by atoms with Crippen molar-refractivity contribution >= 4 is 50.0 Å². The monoisotopic (exact) mass is 499 g/mol. The Morgan fingerprint density at radius 2 is 1.49 bits per heavy atom. The van der Waals surface area contributed by atoms with E-state index < -0.39 is 16.6 Å². The lowest BCUT2D eigenvalue weighted by atomic mass is 10.3. The van der Waals surface area contributed by atoms with Gasteiger partial charge in [-0.25, -0.2) is 18.4 Å². The first-order valence-corrected chi connectivity index (χ1v) is 11.7. The molecule has 0 aliphatic rings. The number of hydrogen-bond acceptors (Lipinski definition) is 7. The second kappa shape index (κ2) is 9.89. The molecular weight excluding hydrogens is 480 g/mol. The molecule has 0 saturated carbocycles. The molecule has 0 bridgehead atoms. The molecule has 3 N–H and O–H groups in total. The molecule has 1 heterocycles. The molecule has 0 fully saturated rings. The highest BCUT2D eigenvalue weighted by molar-refractivity contribution is 7.92. The lowest BCUT2D eigenvalue weighted by Gasteiger charge is -2.16. The molecular formula is C23H19F2N5O4S. The fourth-order valence-corrected chi connectivity index (χ4v) is 4.17. The van der Waals surface area contributed by atoms with Crippen LogP contribution in [0.2, 0.25) is 0 Å². The van der Waals surface area contributed by atoms with Crippen molar-refractivity contribution in [2.75, 3.05) is 15.4 Å². The minimum absolute atomic E-state index is 0.0209. The number of rotatable bonds is 8. The number of benzene rings is 3. The van der Waals surface area contributed by atoms with Crippen molar-refractivity contribution < 1.29 is 26.7 Å². The predicted octanol–water partition coefficient (Wildman–Crippen LogP) is 4.73. The summed E-state index contributed by atoms with van der Waals surface area (Å²) < 4.78 is 58.8. The summed E-state index contributed by atoms with van der Waals surface area (Å²) in [6.45, 7) is -1.72. The second-order valence-electron chi connectivity index (χ2n) is 7.22. The number of aromatic nitrogens is 2. The summed E-state index contributed by atoms with van der Waals surface area (Å²) in [6.07, 6.45) is 0. The molecule has 9 nitrogen and oxygen atoms in total. The number of para-hydroxylation sites is 4. The molecule has 35 heavy (non-hydrogen) atoms. The van der Waals surface area contributed by atoms with Gasteiger partial charge in [0.15, 0.2) is 11.6 Å². The SMILES string of the molecule is CC(=O)Nc1ccc(S(=O)(=O)Nc2nc3ccccc3nc2Nc2ccccc2OC(F)F)cc1. The van der Waals surface area contributed by atoms with Crippen molar-refractivity contribution in [1.29, 1.82) is 0 Å². The zero-order valence-electron chi connectivity index (χ0n) is 18.2. The van der Waals surface area contributed by atoms with Crippen LogP contribution in [0.4, 0.5) is 31.8 Å². The third-order valence-electron chi connectivity index (χ3n) is 4.64. The number of carbonyl (C=O) groups excluding carboxylic acids is 1. The first kappa shape index (κ1) is 23.8. The number of nitrogens with one attached hydrogen (secondary N) is 3. The third kappa shape index (κ3) is 5.79. The summed E-state index contributed by atoms with van der Waals surface area (Å²) in [6, 6.07) is 18.2. The normalized spacial score (nSPS) is 11.3. The number of nitrogens with zero attached hydrogens (tertiary/aromatic N) is 2. The molecule has 0 aliphatic heterocycles. The lowest BCUT2D eigenvalue weighted by Crippen LogP contribution is -2.16. The van der Waals surface area contributed by atoms with Gasteiger partial charge in [-0.2, -0.15) is 8.78 Å². The minimum atomic E-state index is -4.13. The maximum absolute atomic E-state index is 13.1. The summed E-state index contributed by atoms with van der Waals surface area (Å²) in [5.74, 6) is -0.620. The topological polar surface area (TPSA) is 122 Å². The summed E-state index contributed by atoms with van der Waals surface area (Å²) in [4.78, 5) is 19.9. The zero-order valence-corrected chi connectivity index (χ0v) is 19.0. The Labute approximate surface area is 199 Å². The summed E-state index contributed by atoms with van der Waals surface area (Å²) >= 11 is 0. The molecule has 0 unspecified atom stereocenters. The maximum Gasteiger partial charge on any atom is 0.387 e. The number of anilines is 4. The Morgan fingerprint density at radius 3 is 2.11 bits per heavy atom. The first-order chi connectivity index (χ1) is 16.7. The Morgan fingerprint density at radius 1 is 0.886 bits per heavy atom. The summed E-state index contributed by atoms with van der Waals surface area (Å²) in [5.41, 5.74) is 1.43. The van der Waals surface area contributed by atoms with Crippen LogP contribution < -0.4 is 20.1 Å². The Bertz CT molecular complexity index is 1480. The third-order valence-corrected chi connectivity index (χ3v) is 6.00. The molecule has 0 spiro atoms. The van der Waals surface area contributed by atoms with Crippen LogP contribution in [0.1, 0.15) is 6.92 Å². The number of amides is 1. The van der Waals surface area contributed by atoms with Gasteiger partial charge < -0.3 is 15.4 Å². The van der Waals surface area contributed by atoms with E-state index in [1.165, 1.54) is 49.4 Å². The molecule has 0 aliphatic carbocycles. The van der Waals surface area contributed by atoms with Crippen molar-refractivity contribution in [3.05, 3.63) is 72.8 Å². The van der Waals surface area contributed by atoms with Crippen molar-refractivity contribution in [3.8, 4) is 5.75 Å². The average Bonchev–Trinajstić information content (AvgIpc) is 2.80. The Kier molecular flexibility index (Phi) is 6.73. The number of alkyl halides is 2. The van der Waals surface area contributed by atoms with Gasteiger partial charge in [0, 0.05) is 12.6 Å². The van der Waals surface area contributed by atoms with Crippen LogP contribution in [-0.2, 0) is 14.8 Å². The van der Waals surface area contributed by atoms with Crippen LogP contribution in [-0.4, -0.2) is 30.9 Å². The van der Waals surface area contributed by atoms with Gasteiger partial charge in [0.1, 0.15) is 5.75 Å². The van der Waals surface area contributed by atoms with E-state index in [1.54, 1.807) is 30.3 Å². The van der Waals surface area contributed by atoms with E-state index in [1.807, 2.05) is 0 Å². The molecule has 1 aromatic heterocycles. The Hall–Kier alpha value is -4.32. The zero-order chi connectivity index (χ0) is 25.0. The van der Waals surface area contributed by atoms with E-state index in [2.05, 4.69) is 30.1 Å². The fraction of sp³-hybridized carbons (Fsp3) is 0.0870. The number of halogens is 2. The molecule has 3 aromatic carbocycles. The van der Waals surface area contributed by atoms with Crippen molar-refractivity contribution in [2.45, 2.75) is 18.4 Å². The molecule has 0 saturated heterocycles. The van der Waals surface area contributed by atoms with Crippen molar-refractivity contribution in [3.63, 3.8) is 0 Å². The number of fused-ring (bicyclic) bond motifs is 1. The Balaban J connectivity index is 1.72. The van der Waals surface area contributed by atoms with Crippen LogP contribution in [0, 0.1) is 0 Å². The van der Waals surface area contributed by atoms with Gasteiger partial charge in [-0.05, 0) is 48.5 Å². The van der Waals surface area contributed by atoms with Crippen LogP contribution >= 0.6 is 0 Å². The quantitative estimate of drug-likeness (QED) is 0.320. The van der Waals surface area contributed by atoms with E-state index in [-0.39, 0.29) is 33.9 Å². The molecule has 12 heteroatoms. The molecule has 1 amide bonds. The number of sulfonamides is 1. The summed E-state index contributed by atoms with van der Waals surface area (Å²) in [7, 11) is -4.13. The van der Waals surface area contributed by atoms with Gasteiger partial charge in [0.25, 0.3) is 10.0 Å². The number of carbonyl (C=O) groups is 1. The lowest BCUT2D eigenvalue weighted by molar-refractivity contribution is -0.114. The van der Waals surface area contributed by atoms with E-state index >= 15 is 0 Å². The highest BCUT2D eigenvalue weighted by Crippen LogP contribution is 2.32. The fourth-order valence-electron chi connectivity index (χ4n) is 3.16. The van der Waals surface area contributed by atoms with Gasteiger partial charge in [-0.15, -0.1) is 0 Å². The van der Waals surface area contributed by atoms with Crippen LogP contribution in [0.15, 0.2) is 77.7 Å². The van der Waals surface area contributed by atoms with Crippen LogP contribution in [0.3, 0.4) is 0 Å². The van der Waals surface area contributed by atoms with E-state index in [4.69, 9.17) is 0 Å². The van der Waals surface area contributed by atoms with E-state index in [0.29, 0.717) is 16.7 Å². The van der Waals surface area contributed by atoms with Gasteiger partial charge in [-0.1, -0.05) is 24.3 Å². The standard InChI is InChI=1S/C23H19F2N5O4S/c1-14(31)26-15-10-12-16(13-11-15)35(32,33)30-22-21(27-17-6-2-3-7-18(17)28-22)29-19-8-4-5-9-20(19)34-23(24)25/h2-13,23H,1H3,(H,26,31)(H,27,29)(H,28,30). The van der Waals surface area contributed by atoms with Gasteiger partial charge in [0.2, 0.25) is 5.91 Å². The molecule has 4 rings (SSSR count). The number of ether oxygens (including phenoxy) is 1. The maximum atomic E-state index is 13.1. The number of hydrogen-bond donors (Lipinski definition) is 3. The molecule has 180 valence electrons. The van der Waals surface area contributed by atoms with Crippen molar-refractivity contribution in [2.24, 2.45) is 0 Å². The molecule has 0 radical (unpaired) electrons. The highest BCUT2D eigenvalue weighted by atomic mass is 32.2. The average molecular weight is 499 g/mol. The second-order valence-corrected chi connectivity index (χ2v) is 8.90. The van der Waals surface area contributed by atoms with Gasteiger partial charge in [0.05, 0.1) is 21.6 Å². The first-order valence-electron chi connectivity index (χ1n) is 10.2. The van der Waals surface area contributed by atoms with Gasteiger partial charge in [-0.3, -0.25) is 9.52 Å².